The van der Waals surface area contributed by atoms with Gasteiger partial charge in [0.15, 0.2) is 11.6 Å². The molecule has 0 radical (unpaired) electrons. The van der Waals surface area contributed by atoms with Gasteiger partial charge in [-0.3, -0.25) is 4.72 Å². The van der Waals surface area contributed by atoms with E-state index in [-0.39, 0.29) is 5.82 Å². The van der Waals surface area contributed by atoms with Crippen LogP contribution in [0.4, 0.5) is 14.6 Å². The molecule has 0 saturated heterocycles. The van der Waals surface area contributed by atoms with Crippen molar-refractivity contribution in [3.05, 3.63) is 53.2 Å². The second-order valence-corrected chi connectivity index (χ2v) is 5.61. The summed E-state index contributed by atoms with van der Waals surface area (Å²) in [5, 5.41) is 0.319. The molecule has 0 amide bonds. The van der Waals surface area contributed by atoms with Crippen LogP contribution in [0.5, 0.6) is 0 Å². The average Bonchev–Trinajstić information content (AvgIpc) is 2.35. The molecule has 2 aromatic rings. The molecule has 0 saturated carbocycles. The molecule has 0 unspecified atom stereocenters. The van der Waals surface area contributed by atoms with Gasteiger partial charge in [-0.2, -0.15) is 0 Å². The Kier molecular flexibility index (Phi) is 3.68. The minimum Gasteiger partial charge on any atom is -0.263 e. The molecular weight excluding hydrogens is 298 g/mol. The second kappa shape index (κ2) is 5.10. The fraction of sp³-hybridized carbons (Fsp3) is 0. The first-order valence-electron chi connectivity index (χ1n) is 4.98. The van der Waals surface area contributed by atoms with Crippen LogP contribution in [0.25, 0.3) is 0 Å². The van der Waals surface area contributed by atoms with E-state index in [0.717, 1.165) is 18.2 Å². The van der Waals surface area contributed by atoms with Crippen LogP contribution in [0.15, 0.2) is 41.4 Å². The van der Waals surface area contributed by atoms with E-state index in [9.17, 15) is 17.2 Å². The number of pyridine rings is 1. The summed E-state index contributed by atoms with van der Waals surface area (Å²) >= 11 is 5.60. The molecule has 0 fully saturated rings. The van der Waals surface area contributed by atoms with Crippen LogP contribution >= 0.6 is 11.6 Å². The first-order chi connectivity index (χ1) is 8.90. The van der Waals surface area contributed by atoms with Crippen LogP contribution in [0.1, 0.15) is 0 Å². The number of hydrogen-bond acceptors (Lipinski definition) is 3. The summed E-state index contributed by atoms with van der Waals surface area (Å²) in [6.07, 6.45) is 1.22. The Morgan fingerprint density at radius 2 is 1.89 bits per heavy atom. The number of hydrogen-bond donors (Lipinski definition) is 1. The van der Waals surface area contributed by atoms with Crippen LogP contribution in [-0.2, 0) is 10.0 Å². The molecule has 1 N–H and O–H groups in total. The zero-order valence-electron chi connectivity index (χ0n) is 9.27. The number of benzene rings is 1. The summed E-state index contributed by atoms with van der Waals surface area (Å²) in [5.74, 6) is -2.73. The van der Waals surface area contributed by atoms with Crippen LogP contribution in [0, 0.1) is 11.6 Å². The van der Waals surface area contributed by atoms with Crippen molar-refractivity contribution in [1.82, 2.24) is 4.98 Å². The lowest BCUT2D eigenvalue weighted by molar-refractivity contribution is 0.485. The van der Waals surface area contributed by atoms with Gasteiger partial charge in [0.25, 0.3) is 10.0 Å². The van der Waals surface area contributed by atoms with Crippen molar-refractivity contribution < 1.29 is 17.2 Å². The Morgan fingerprint density at radius 1 is 1.16 bits per heavy atom. The predicted molar refractivity (Wildman–Crippen MR) is 66.4 cm³/mol. The van der Waals surface area contributed by atoms with Gasteiger partial charge in [0, 0.05) is 6.20 Å². The molecule has 0 atom stereocenters. The topological polar surface area (TPSA) is 59.1 Å². The fourth-order valence-corrected chi connectivity index (χ4v) is 2.53. The van der Waals surface area contributed by atoms with Gasteiger partial charge < -0.3 is 0 Å². The molecule has 100 valence electrons. The summed E-state index contributed by atoms with van der Waals surface area (Å²) in [6, 6.07) is 5.60. The molecule has 4 nitrogen and oxygen atoms in total. The highest BCUT2D eigenvalue weighted by Gasteiger charge is 2.21. The van der Waals surface area contributed by atoms with E-state index in [4.69, 9.17) is 11.6 Å². The Labute approximate surface area is 113 Å². The van der Waals surface area contributed by atoms with Gasteiger partial charge in [-0.15, -0.1) is 0 Å². The third kappa shape index (κ3) is 2.99. The highest BCUT2D eigenvalue weighted by Crippen LogP contribution is 2.20. The molecule has 1 aromatic carbocycles. The van der Waals surface area contributed by atoms with Crippen molar-refractivity contribution in [1.29, 1.82) is 0 Å². The largest absolute Gasteiger partial charge is 0.266 e. The van der Waals surface area contributed by atoms with Crippen LogP contribution in [-0.4, -0.2) is 13.4 Å². The van der Waals surface area contributed by atoms with Gasteiger partial charge >= 0.3 is 0 Å². The van der Waals surface area contributed by atoms with Gasteiger partial charge in [0.1, 0.15) is 10.7 Å². The quantitative estimate of drug-likeness (QED) is 0.948. The molecule has 1 aromatic heterocycles. The lowest BCUT2D eigenvalue weighted by atomic mass is 10.3. The molecule has 0 spiro atoms. The van der Waals surface area contributed by atoms with Crippen molar-refractivity contribution in [3.8, 4) is 0 Å². The Bertz CT molecular complexity index is 705. The Hall–Kier alpha value is -1.73. The maximum absolute atomic E-state index is 13.4. The van der Waals surface area contributed by atoms with E-state index in [1.165, 1.54) is 18.3 Å². The number of aromatic nitrogens is 1. The number of nitrogens with zero attached hydrogens (tertiary/aromatic N) is 1. The second-order valence-electron chi connectivity index (χ2n) is 3.52. The number of anilines is 1. The van der Waals surface area contributed by atoms with E-state index in [1.807, 2.05) is 4.72 Å². The summed E-state index contributed by atoms with van der Waals surface area (Å²) < 4.78 is 52.2. The third-order valence-corrected chi connectivity index (χ3v) is 3.77. The molecular formula is C11H7ClF2N2O2S. The van der Waals surface area contributed by atoms with E-state index < -0.39 is 26.6 Å². The molecule has 2 rings (SSSR count). The predicted octanol–water partition coefficient (Wildman–Crippen LogP) is 2.81. The Morgan fingerprint density at radius 3 is 2.53 bits per heavy atom. The van der Waals surface area contributed by atoms with Crippen LogP contribution in [0.2, 0.25) is 5.02 Å². The number of halogens is 3. The van der Waals surface area contributed by atoms with Crippen molar-refractivity contribution in [3.63, 3.8) is 0 Å². The van der Waals surface area contributed by atoms with E-state index in [0.29, 0.717) is 5.02 Å². The smallest absolute Gasteiger partial charge is 0.263 e. The molecule has 1 heterocycles. The Balaban J connectivity index is 2.38. The minimum absolute atomic E-state index is 0.0481. The number of rotatable bonds is 3. The SMILES string of the molecule is O=S(=O)(Nc1ccc(Cl)cn1)c1cccc(F)c1F. The summed E-state index contributed by atoms with van der Waals surface area (Å²) in [7, 11) is -4.25. The zero-order chi connectivity index (χ0) is 14.0. The first-order valence-corrected chi connectivity index (χ1v) is 6.84. The van der Waals surface area contributed by atoms with Crippen molar-refractivity contribution in [2.24, 2.45) is 0 Å². The lowest BCUT2D eigenvalue weighted by Crippen LogP contribution is -2.16. The monoisotopic (exact) mass is 304 g/mol. The third-order valence-electron chi connectivity index (χ3n) is 2.17. The van der Waals surface area contributed by atoms with Crippen molar-refractivity contribution >= 4 is 27.4 Å². The van der Waals surface area contributed by atoms with E-state index in [1.54, 1.807) is 0 Å². The van der Waals surface area contributed by atoms with E-state index in [2.05, 4.69) is 4.98 Å². The fourth-order valence-electron chi connectivity index (χ4n) is 1.32. The summed E-state index contributed by atoms with van der Waals surface area (Å²) in [5.41, 5.74) is 0. The maximum atomic E-state index is 13.4. The van der Waals surface area contributed by atoms with Gasteiger partial charge in [-0.25, -0.2) is 22.2 Å². The normalized spacial score (nSPS) is 11.3. The van der Waals surface area contributed by atoms with Crippen LogP contribution < -0.4 is 4.72 Å². The molecule has 0 aliphatic heterocycles. The number of nitrogens with one attached hydrogen (secondary N) is 1. The number of sulfonamides is 1. The molecule has 8 heteroatoms. The average molecular weight is 305 g/mol. The minimum atomic E-state index is -4.25. The van der Waals surface area contributed by atoms with Crippen LogP contribution in [0.3, 0.4) is 0 Å². The van der Waals surface area contributed by atoms with Gasteiger partial charge in [-0.05, 0) is 24.3 Å². The van der Waals surface area contributed by atoms with Crippen molar-refractivity contribution in [2.45, 2.75) is 4.90 Å². The maximum Gasteiger partial charge on any atom is 0.266 e. The molecule has 0 aliphatic carbocycles. The zero-order valence-corrected chi connectivity index (χ0v) is 10.8. The van der Waals surface area contributed by atoms with Gasteiger partial charge in [0.2, 0.25) is 0 Å². The first kappa shape index (κ1) is 13.7. The highest BCUT2D eigenvalue weighted by atomic mass is 35.5. The van der Waals surface area contributed by atoms with Gasteiger partial charge in [-0.1, -0.05) is 17.7 Å². The lowest BCUT2D eigenvalue weighted by Gasteiger charge is -2.08. The molecule has 19 heavy (non-hydrogen) atoms. The molecule has 0 aliphatic rings. The highest BCUT2D eigenvalue weighted by molar-refractivity contribution is 7.92. The summed E-state index contributed by atoms with van der Waals surface area (Å²) in [4.78, 5) is 2.91. The standard InChI is InChI=1S/C11H7ClF2N2O2S/c12-7-4-5-10(15-6-7)16-19(17,18)9-3-1-2-8(13)11(9)14/h1-6H,(H,15,16). The van der Waals surface area contributed by atoms with Gasteiger partial charge in [0.05, 0.1) is 5.02 Å². The van der Waals surface area contributed by atoms with Crippen molar-refractivity contribution in [2.75, 3.05) is 4.72 Å². The molecule has 0 bridgehead atoms. The van der Waals surface area contributed by atoms with E-state index >= 15 is 0 Å². The summed E-state index contributed by atoms with van der Waals surface area (Å²) in [6.45, 7) is 0.